The minimum absolute atomic E-state index is 0.161. The Hall–Kier alpha value is -1.14. The van der Waals surface area contributed by atoms with Crippen LogP contribution in [0.4, 0.5) is 8.78 Å². The molecule has 1 aromatic rings. The molecule has 0 bridgehead atoms. The SMILES string of the molecule is O=C(O)[C@H]1CSC(c2cc(F)ccc2F)N1. The molecule has 6 heteroatoms. The van der Waals surface area contributed by atoms with E-state index in [1.165, 1.54) is 11.8 Å². The van der Waals surface area contributed by atoms with Gasteiger partial charge in [-0.1, -0.05) is 0 Å². The number of hydrogen-bond donors (Lipinski definition) is 2. The van der Waals surface area contributed by atoms with Gasteiger partial charge in [-0.05, 0) is 18.2 Å². The van der Waals surface area contributed by atoms with Crippen LogP contribution in [0.3, 0.4) is 0 Å². The smallest absolute Gasteiger partial charge is 0.321 e. The zero-order chi connectivity index (χ0) is 11.7. The monoisotopic (exact) mass is 245 g/mol. The number of carboxylic acids is 1. The van der Waals surface area contributed by atoms with E-state index in [1.807, 2.05) is 0 Å². The Bertz CT molecular complexity index is 427. The summed E-state index contributed by atoms with van der Waals surface area (Å²) in [6.07, 6.45) is 0. The van der Waals surface area contributed by atoms with Crippen molar-refractivity contribution in [2.24, 2.45) is 0 Å². The van der Waals surface area contributed by atoms with Crippen molar-refractivity contribution in [3.8, 4) is 0 Å². The molecule has 0 aromatic heterocycles. The lowest BCUT2D eigenvalue weighted by Crippen LogP contribution is -2.33. The summed E-state index contributed by atoms with van der Waals surface area (Å²) >= 11 is 1.26. The normalized spacial score (nSPS) is 24.6. The van der Waals surface area contributed by atoms with E-state index < -0.39 is 29.0 Å². The van der Waals surface area contributed by atoms with Crippen molar-refractivity contribution in [1.29, 1.82) is 0 Å². The zero-order valence-corrected chi connectivity index (χ0v) is 8.93. The molecule has 16 heavy (non-hydrogen) atoms. The van der Waals surface area contributed by atoms with Gasteiger partial charge in [0.2, 0.25) is 0 Å². The number of benzene rings is 1. The number of nitrogens with one attached hydrogen (secondary N) is 1. The third-order valence-corrected chi connectivity index (χ3v) is 3.57. The number of halogens is 2. The van der Waals surface area contributed by atoms with Crippen LogP contribution in [0.2, 0.25) is 0 Å². The molecule has 3 nitrogen and oxygen atoms in total. The molecule has 1 aliphatic heterocycles. The van der Waals surface area contributed by atoms with Crippen molar-refractivity contribution < 1.29 is 18.7 Å². The molecule has 1 heterocycles. The molecule has 1 aliphatic rings. The van der Waals surface area contributed by atoms with Crippen LogP contribution < -0.4 is 5.32 Å². The van der Waals surface area contributed by atoms with Crippen LogP contribution in [0.15, 0.2) is 18.2 Å². The van der Waals surface area contributed by atoms with Gasteiger partial charge in [0.25, 0.3) is 0 Å². The van der Waals surface area contributed by atoms with Gasteiger partial charge in [-0.3, -0.25) is 10.1 Å². The molecule has 1 aromatic carbocycles. The fourth-order valence-electron chi connectivity index (χ4n) is 1.51. The minimum atomic E-state index is -0.980. The summed E-state index contributed by atoms with van der Waals surface area (Å²) in [5.74, 6) is -1.70. The Labute approximate surface area is 94.8 Å². The second-order valence-electron chi connectivity index (χ2n) is 3.44. The van der Waals surface area contributed by atoms with Gasteiger partial charge in [-0.25, -0.2) is 8.78 Å². The van der Waals surface area contributed by atoms with E-state index in [2.05, 4.69) is 5.32 Å². The number of carboxylic acid groups (broad SMARTS) is 1. The third kappa shape index (κ3) is 2.17. The van der Waals surface area contributed by atoms with E-state index >= 15 is 0 Å². The summed E-state index contributed by atoms with van der Waals surface area (Å²) in [4.78, 5) is 10.7. The topological polar surface area (TPSA) is 49.3 Å². The molecule has 1 unspecified atom stereocenters. The standard InChI is InChI=1S/C10H9F2NO2S/c11-5-1-2-7(12)6(3-5)9-13-8(4-16-9)10(14)15/h1-3,8-9,13H,4H2,(H,14,15)/t8-,9?/m1/s1. The van der Waals surface area contributed by atoms with E-state index in [-0.39, 0.29) is 5.56 Å². The van der Waals surface area contributed by atoms with Crippen molar-refractivity contribution in [3.63, 3.8) is 0 Å². The van der Waals surface area contributed by atoms with Crippen molar-refractivity contribution >= 4 is 17.7 Å². The van der Waals surface area contributed by atoms with Gasteiger partial charge in [0.15, 0.2) is 0 Å². The lowest BCUT2D eigenvalue weighted by atomic mass is 10.2. The van der Waals surface area contributed by atoms with Crippen LogP contribution in [0.1, 0.15) is 10.9 Å². The number of aliphatic carboxylic acids is 1. The highest BCUT2D eigenvalue weighted by Crippen LogP contribution is 2.34. The Morgan fingerprint density at radius 3 is 2.88 bits per heavy atom. The highest BCUT2D eigenvalue weighted by Gasteiger charge is 2.31. The van der Waals surface area contributed by atoms with Crippen molar-refractivity contribution in [2.75, 3.05) is 5.75 Å². The summed E-state index contributed by atoms with van der Waals surface area (Å²) in [5.41, 5.74) is 0.161. The van der Waals surface area contributed by atoms with Gasteiger partial charge < -0.3 is 5.11 Å². The molecular weight excluding hydrogens is 236 g/mol. The number of carbonyl (C=O) groups is 1. The molecule has 0 amide bonds. The highest BCUT2D eigenvalue weighted by molar-refractivity contribution is 7.99. The molecule has 0 radical (unpaired) electrons. The molecule has 2 atom stereocenters. The third-order valence-electron chi connectivity index (χ3n) is 2.32. The minimum Gasteiger partial charge on any atom is -0.480 e. The maximum Gasteiger partial charge on any atom is 0.321 e. The van der Waals surface area contributed by atoms with Crippen molar-refractivity contribution in [3.05, 3.63) is 35.4 Å². The van der Waals surface area contributed by atoms with E-state index in [1.54, 1.807) is 0 Å². The average Bonchev–Trinajstić information content (AvgIpc) is 2.70. The summed E-state index contributed by atoms with van der Waals surface area (Å²) < 4.78 is 26.3. The summed E-state index contributed by atoms with van der Waals surface area (Å²) in [5, 5.41) is 11.0. The first-order chi connectivity index (χ1) is 7.58. The lowest BCUT2D eigenvalue weighted by molar-refractivity contribution is -0.138. The number of thioether (sulfide) groups is 1. The quantitative estimate of drug-likeness (QED) is 0.833. The molecule has 1 saturated heterocycles. The van der Waals surface area contributed by atoms with Crippen LogP contribution in [-0.2, 0) is 4.79 Å². The Morgan fingerprint density at radius 1 is 1.50 bits per heavy atom. The van der Waals surface area contributed by atoms with Gasteiger partial charge in [0.1, 0.15) is 17.7 Å². The molecule has 2 N–H and O–H groups in total. The predicted octanol–water partition coefficient (Wildman–Crippen LogP) is 1.75. The first-order valence-corrected chi connectivity index (χ1v) is 5.68. The Morgan fingerprint density at radius 2 is 2.25 bits per heavy atom. The fraction of sp³-hybridized carbons (Fsp3) is 0.300. The molecule has 0 spiro atoms. The van der Waals surface area contributed by atoms with Crippen LogP contribution in [0, 0.1) is 11.6 Å². The summed E-state index contributed by atoms with van der Waals surface area (Å²) in [6, 6.07) is 2.45. The maximum atomic E-state index is 13.4. The maximum absolute atomic E-state index is 13.4. The average molecular weight is 245 g/mol. The van der Waals surface area contributed by atoms with E-state index in [0.29, 0.717) is 5.75 Å². The van der Waals surface area contributed by atoms with E-state index in [0.717, 1.165) is 18.2 Å². The van der Waals surface area contributed by atoms with Crippen LogP contribution in [0.25, 0.3) is 0 Å². The van der Waals surface area contributed by atoms with Crippen molar-refractivity contribution in [1.82, 2.24) is 5.32 Å². The molecule has 2 rings (SSSR count). The van der Waals surface area contributed by atoms with E-state index in [4.69, 9.17) is 5.11 Å². The molecular formula is C10H9F2NO2S. The Kier molecular flexibility index (Phi) is 3.11. The second kappa shape index (κ2) is 4.39. The molecule has 0 saturated carbocycles. The van der Waals surface area contributed by atoms with Gasteiger partial charge in [-0.15, -0.1) is 11.8 Å². The molecule has 86 valence electrons. The zero-order valence-electron chi connectivity index (χ0n) is 8.11. The number of rotatable bonds is 2. The predicted molar refractivity (Wildman–Crippen MR) is 56.1 cm³/mol. The van der Waals surface area contributed by atoms with E-state index in [9.17, 15) is 13.6 Å². The number of hydrogen-bond acceptors (Lipinski definition) is 3. The molecule has 1 fully saturated rings. The fourth-order valence-corrected chi connectivity index (χ4v) is 2.75. The van der Waals surface area contributed by atoms with Crippen molar-refractivity contribution in [2.45, 2.75) is 11.4 Å². The summed E-state index contributed by atoms with van der Waals surface area (Å²) in [6.45, 7) is 0. The van der Waals surface area contributed by atoms with Gasteiger partial charge in [0, 0.05) is 11.3 Å². The second-order valence-corrected chi connectivity index (χ2v) is 4.57. The van der Waals surface area contributed by atoms with Crippen LogP contribution >= 0.6 is 11.8 Å². The first kappa shape index (κ1) is 11.3. The van der Waals surface area contributed by atoms with Crippen LogP contribution in [0.5, 0.6) is 0 Å². The molecule has 0 aliphatic carbocycles. The highest BCUT2D eigenvalue weighted by atomic mass is 32.2. The van der Waals surface area contributed by atoms with Crippen LogP contribution in [-0.4, -0.2) is 22.9 Å². The van der Waals surface area contributed by atoms with Gasteiger partial charge in [-0.2, -0.15) is 0 Å². The largest absolute Gasteiger partial charge is 0.480 e. The first-order valence-electron chi connectivity index (χ1n) is 4.63. The summed E-state index contributed by atoms with van der Waals surface area (Å²) in [7, 11) is 0. The Balaban J connectivity index is 2.20. The van der Waals surface area contributed by atoms with Gasteiger partial charge >= 0.3 is 5.97 Å². The lowest BCUT2D eigenvalue weighted by Gasteiger charge is -2.12. The van der Waals surface area contributed by atoms with Gasteiger partial charge in [0.05, 0.1) is 5.37 Å².